The van der Waals surface area contributed by atoms with Gasteiger partial charge in [-0.2, -0.15) is 0 Å². The zero-order chi connectivity index (χ0) is 21.9. The molecule has 0 radical (unpaired) electrons. The average Bonchev–Trinajstić information content (AvgIpc) is 3.24. The minimum atomic E-state index is -0.0417. The van der Waals surface area contributed by atoms with Crippen molar-refractivity contribution in [1.29, 1.82) is 0 Å². The number of alkyl halides is 1. The molecule has 0 aliphatic carbocycles. The number of aromatic nitrogens is 1. The van der Waals surface area contributed by atoms with Crippen molar-refractivity contribution in [3.8, 4) is 0 Å². The lowest BCUT2D eigenvalue weighted by Crippen LogP contribution is -2.33. The number of hydrogen-bond donors (Lipinski definition) is 1. The van der Waals surface area contributed by atoms with Gasteiger partial charge in [0.15, 0.2) is 0 Å². The molecule has 0 bridgehead atoms. The maximum atomic E-state index is 13.0. The van der Waals surface area contributed by atoms with Crippen LogP contribution in [0.5, 0.6) is 0 Å². The van der Waals surface area contributed by atoms with Crippen LogP contribution in [-0.4, -0.2) is 46.5 Å². The van der Waals surface area contributed by atoms with Gasteiger partial charge in [-0.15, -0.1) is 22.9 Å². The molecule has 1 N–H and O–H groups in total. The zero-order valence-corrected chi connectivity index (χ0v) is 19.5. The molecule has 0 spiro atoms. The Hall–Kier alpha value is -1.95. The van der Waals surface area contributed by atoms with Gasteiger partial charge in [0.25, 0.3) is 5.91 Å². The first-order valence-corrected chi connectivity index (χ1v) is 11.7. The number of rotatable bonds is 11. The van der Waals surface area contributed by atoms with Gasteiger partial charge in [0.1, 0.15) is 10.7 Å². The molecule has 6 heteroatoms. The minimum Gasteiger partial charge on any atom is -0.392 e. The fourth-order valence-corrected chi connectivity index (χ4v) is 4.14. The van der Waals surface area contributed by atoms with Crippen molar-refractivity contribution in [2.24, 2.45) is 5.92 Å². The predicted octanol–water partition coefficient (Wildman–Crippen LogP) is 5.43. The van der Waals surface area contributed by atoms with Gasteiger partial charge in [0, 0.05) is 29.9 Å². The Balaban J connectivity index is 2.02. The molecule has 1 heterocycles. The van der Waals surface area contributed by atoms with Gasteiger partial charge in [-0.25, -0.2) is 4.98 Å². The minimum absolute atomic E-state index is 0.0262. The molecule has 0 aliphatic rings. The van der Waals surface area contributed by atoms with E-state index in [1.165, 1.54) is 16.9 Å². The molecule has 0 aliphatic heterocycles. The van der Waals surface area contributed by atoms with E-state index >= 15 is 0 Å². The number of thiazole rings is 1. The number of benzene rings is 1. The summed E-state index contributed by atoms with van der Waals surface area (Å²) in [6.45, 7) is 7.41. The van der Waals surface area contributed by atoms with Crippen LogP contribution in [-0.2, 0) is 6.42 Å². The molecule has 2 aromatic rings. The summed E-state index contributed by atoms with van der Waals surface area (Å²) in [7, 11) is 0. The van der Waals surface area contributed by atoms with Crippen molar-refractivity contribution < 1.29 is 9.90 Å². The summed E-state index contributed by atoms with van der Waals surface area (Å²) in [5.74, 6) is 0.790. The summed E-state index contributed by atoms with van der Waals surface area (Å²) in [5.41, 5.74) is 3.44. The standard InChI is InChI=1S/C24H31ClN2O2S/c1-4-27(13-11-18(2)14-20-8-6-5-7-9-20)24(29)22-17-30-23(26-22)21(10-12-25)15-19(3)16-28/h5-10,15,17-18,28H,4,11-14,16H2,1-3H3/b19-15-,21-10+. The third-order valence-electron chi connectivity index (χ3n) is 4.91. The summed E-state index contributed by atoms with van der Waals surface area (Å²) in [4.78, 5) is 19.4. The number of carbonyl (C=O) groups is 1. The third-order valence-corrected chi connectivity index (χ3v) is 5.95. The second-order valence-corrected chi connectivity index (χ2v) is 8.64. The Morgan fingerprint density at radius 2 is 2.07 bits per heavy atom. The van der Waals surface area contributed by atoms with E-state index in [1.807, 2.05) is 37.0 Å². The largest absolute Gasteiger partial charge is 0.392 e. The molecular weight excluding hydrogens is 416 g/mol. The lowest BCUT2D eigenvalue weighted by molar-refractivity contribution is 0.0751. The van der Waals surface area contributed by atoms with Crippen LogP contribution >= 0.6 is 22.9 Å². The Bertz CT molecular complexity index is 861. The fraction of sp³-hybridized carbons (Fsp3) is 0.417. The van der Waals surface area contributed by atoms with E-state index in [9.17, 15) is 9.90 Å². The van der Waals surface area contributed by atoms with E-state index < -0.39 is 0 Å². The number of allylic oxidation sites excluding steroid dienone is 3. The van der Waals surface area contributed by atoms with Gasteiger partial charge < -0.3 is 10.0 Å². The van der Waals surface area contributed by atoms with Gasteiger partial charge in [0.05, 0.1) is 6.61 Å². The smallest absolute Gasteiger partial charge is 0.273 e. The normalized spacial score (nSPS) is 13.4. The summed E-state index contributed by atoms with van der Waals surface area (Å²) in [6.07, 6.45) is 5.66. The SMILES string of the molecule is CCN(CCC(C)Cc1ccccc1)C(=O)c1csc(C(/C=C(/C)CO)=C/CCl)n1. The molecule has 1 aromatic heterocycles. The monoisotopic (exact) mass is 446 g/mol. The van der Waals surface area contributed by atoms with Crippen LogP contribution in [0.15, 0.2) is 53.4 Å². The van der Waals surface area contributed by atoms with Crippen molar-refractivity contribution in [3.63, 3.8) is 0 Å². The van der Waals surface area contributed by atoms with Gasteiger partial charge >= 0.3 is 0 Å². The van der Waals surface area contributed by atoms with Crippen molar-refractivity contribution in [2.45, 2.75) is 33.6 Å². The van der Waals surface area contributed by atoms with Crippen LogP contribution in [0.3, 0.4) is 0 Å². The quantitative estimate of drug-likeness (QED) is 0.369. The average molecular weight is 447 g/mol. The second kappa shape index (κ2) is 12.7. The Morgan fingerprint density at radius 3 is 2.70 bits per heavy atom. The van der Waals surface area contributed by atoms with E-state index in [1.54, 1.807) is 5.38 Å². The van der Waals surface area contributed by atoms with Gasteiger partial charge in [-0.1, -0.05) is 49.4 Å². The molecule has 0 saturated heterocycles. The van der Waals surface area contributed by atoms with Crippen LogP contribution in [0.25, 0.3) is 5.57 Å². The van der Waals surface area contributed by atoms with Crippen molar-refractivity contribution in [2.75, 3.05) is 25.6 Å². The van der Waals surface area contributed by atoms with E-state index in [4.69, 9.17) is 11.6 Å². The number of carbonyl (C=O) groups excluding carboxylic acids is 1. The number of aliphatic hydroxyl groups excluding tert-OH is 1. The highest BCUT2D eigenvalue weighted by atomic mass is 35.5. The number of hydrogen-bond acceptors (Lipinski definition) is 4. The van der Waals surface area contributed by atoms with Crippen LogP contribution in [0, 0.1) is 5.92 Å². The van der Waals surface area contributed by atoms with Crippen LogP contribution in [0.1, 0.15) is 48.3 Å². The number of aliphatic hydroxyl groups is 1. The highest BCUT2D eigenvalue weighted by Gasteiger charge is 2.19. The Kier molecular flexibility index (Phi) is 10.3. The lowest BCUT2D eigenvalue weighted by atomic mass is 9.98. The zero-order valence-electron chi connectivity index (χ0n) is 18.0. The number of halogens is 1. The maximum Gasteiger partial charge on any atom is 0.273 e. The molecule has 0 fully saturated rings. The second-order valence-electron chi connectivity index (χ2n) is 7.47. The predicted molar refractivity (Wildman–Crippen MR) is 127 cm³/mol. The molecule has 1 amide bonds. The first-order valence-electron chi connectivity index (χ1n) is 10.3. The van der Waals surface area contributed by atoms with Gasteiger partial charge in [0.2, 0.25) is 0 Å². The molecule has 0 saturated carbocycles. The first kappa shape index (κ1) is 24.3. The molecule has 4 nitrogen and oxygen atoms in total. The summed E-state index contributed by atoms with van der Waals surface area (Å²) in [5, 5.41) is 11.8. The highest BCUT2D eigenvalue weighted by molar-refractivity contribution is 7.11. The highest BCUT2D eigenvalue weighted by Crippen LogP contribution is 2.23. The maximum absolute atomic E-state index is 13.0. The topological polar surface area (TPSA) is 53.4 Å². The van der Waals surface area contributed by atoms with E-state index in [2.05, 4.69) is 36.2 Å². The van der Waals surface area contributed by atoms with Crippen LogP contribution in [0.2, 0.25) is 0 Å². The van der Waals surface area contributed by atoms with E-state index in [-0.39, 0.29) is 12.5 Å². The number of amides is 1. The van der Waals surface area contributed by atoms with Gasteiger partial charge in [-0.3, -0.25) is 4.79 Å². The summed E-state index contributed by atoms with van der Waals surface area (Å²) >= 11 is 7.30. The van der Waals surface area contributed by atoms with E-state index in [0.717, 1.165) is 29.0 Å². The lowest BCUT2D eigenvalue weighted by Gasteiger charge is -2.22. The van der Waals surface area contributed by atoms with Crippen molar-refractivity contribution in [3.05, 3.63) is 69.7 Å². The summed E-state index contributed by atoms with van der Waals surface area (Å²) < 4.78 is 0. The number of nitrogens with zero attached hydrogens (tertiary/aromatic N) is 2. The van der Waals surface area contributed by atoms with Crippen molar-refractivity contribution >= 4 is 34.4 Å². The Labute approximate surface area is 188 Å². The molecule has 1 atom stereocenters. The molecule has 1 unspecified atom stereocenters. The Morgan fingerprint density at radius 1 is 1.33 bits per heavy atom. The molecule has 162 valence electrons. The van der Waals surface area contributed by atoms with Gasteiger partial charge in [-0.05, 0) is 43.7 Å². The molecule has 2 rings (SSSR count). The third kappa shape index (κ3) is 7.38. The van der Waals surface area contributed by atoms with Crippen LogP contribution in [0.4, 0.5) is 0 Å². The first-order chi connectivity index (χ1) is 14.5. The molecule has 1 aromatic carbocycles. The fourth-order valence-electron chi connectivity index (χ4n) is 3.17. The van der Waals surface area contributed by atoms with Crippen LogP contribution < -0.4 is 0 Å². The van der Waals surface area contributed by atoms with E-state index in [0.29, 0.717) is 30.6 Å². The molecular formula is C24H31ClN2O2S. The van der Waals surface area contributed by atoms with Crippen molar-refractivity contribution in [1.82, 2.24) is 9.88 Å². The molecule has 30 heavy (non-hydrogen) atoms. The summed E-state index contributed by atoms with van der Waals surface area (Å²) in [6, 6.07) is 10.5.